The second-order valence-corrected chi connectivity index (χ2v) is 7.00. The summed E-state index contributed by atoms with van der Waals surface area (Å²) in [5.41, 5.74) is 2.12. The van der Waals surface area contributed by atoms with Crippen molar-refractivity contribution >= 4 is 5.97 Å². The molecule has 0 amide bonds. The number of benzene rings is 2. The van der Waals surface area contributed by atoms with Gasteiger partial charge in [0, 0.05) is 6.42 Å². The molecule has 0 radical (unpaired) electrons. The quantitative estimate of drug-likeness (QED) is 0.807. The maximum Gasteiger partial charge on any atom is 0.345 e. The standard InChI is InChI=1S/C21H26O4/c1-5-24-17-10-6-15(7-11-17)14-19(20(22)23)25-18-12-8-16(9-13-18)21(2,3)4/h6-13,19H,5,14H2,1-4H3,(H,22,23)/t19-/m1/s1. The van der Waals surface area contributed by atoms with Gasteiger partial charge in [0.15, 0.2) is 6.10 Å². The van der Waals surface area contributed by atoms with Crippen LogP contribution in [0.25, 0.3) is 0 Å². The van der Waals surface area contributed by atoms with Gasteiger partial charge in [-0.25, -0.2) is 4.79 Å². The maximum absolute atomic E-state index is 11.6. The molecule has 0 aliphatic rings. The molecular weight excluding hydrogens is 316 g/mol. The fraction of sp³-hybridized carbons (Fsp3) is 0.381. The molecule has 4 heteroatoms. The van der Waals surface area contributed by atoms with Crippen molar-refractivity contribution in [2.75, 3.05) is 6.61 Å². The zero-order chi connectivity index (χ0) is 18.4. The van der Waals surface area contributed by atoms with E-state index in [0.717, 1.165) is 11.3 Å². The number of rotatable bonds is 7. The van der Waals surface area contributed by atoms with Gasteiger partial charge in [0.1, 0.15) is 11.5 Å². The van der Waals surface area contributed by atoms with E-state index in [2.05, 4.69) is 20.8 Å². The average Bonchev–Trinajstić information content (AvgIpc) is 2.56. The lowest BCUT2D eigenvalue weighted by Gasteiger charge is -2.20. The lowest BCUT2D eigenvalue weighted by molar-refractivity contribution is -0.145. The summed E-state index contributed by atoms with van der Waals surface area (Å²) in [6.07, 6.45) is -0.638. The molecule has 0 saturated carbocycles. The van der Waals surface area contributed by atoms with Crippen LogP contribution in [0.4, 0.5) is 0 Å². The molecule has 0 unspecified atom stereocenters. The van der Waals surface area contributed by atoms with Crippen molar-refractivity contribution in [2.45, 2.75) is 45.6 Å². The Morgan fingerprint density at radius 2 is 1.56 bits per heavy atom. The van der Waals surface area contributed by atoms with Crippen LogP contribution in [0.15, 0.2) is 48.5 Å². The van der Waals surface area contributed by atoms with Crippen LogP contribution in [0.2, 0.25) is 0 Å². The van der Waals surface area contributed by atoms with Gasteiger partial charge in [0.2, 0.25) is 0 Å². The highest BCUT2D eigenvalue weighted by atomic mass is 16.5. The molecule has 0 bridgehead atoms. The van der Waals surface area contributed by atoms with Crippen LogP contribution in [0.3, 0.4) is 0 Å². The monoisotopic (exact) mass is 342 g/mol. The largest absolute Gasteiger partial charge is 0.494 e. The Morgan fingerprint density at radius 3 is 2.04 bits per heavy atom. The maximum atomic E-state index is 11.6. The van der Waals surface area contributed by atoms with Crippen molar-refractivity contribution in [1.82, 2.24) is 0 Å². The minimum Gasteiger partial charge on any atom is -0.494 e. The lowest BCUT2D eigenvalue weighted by atomic mass is 9.87. The normalized spacial score (nSPS) is 12.5. The molecule has 0 aliphatic heterocycles. The first kappa shape index (κ1) is 18.8. The zero-order valence-electron chi connectivity index (χ0n) is 15.3. The van der Waals surface area contributed by atoms with E-state index < -0.39 is 12.1 Å². The second kappa shape index (κ2) is 8.06. The van der Waals surface area contributed by atoms with E-state index in [0.29, 0.717) is 18.8 Å². The van der Waals surface area contributed by atoms with Gasteiger partial charge in [0.05, 0.1) is 6.61 Å². The lowest BCUT2D eigenvalue weighted by Crippen LogP contribution is -2.29. The van der Waals surface area contributed by atoms with Crippen molar-refractivity contribution in [3.8, 4) is 11.5 Å². The van der Waals surface area contributed by atoms with Crippen LogP contribution in [0, 0.1) is 0 Å². The van der Waals surface area contributed by atoms with E-state index in [1.807, 2.05) is 55.5 Å². The molecule has 0 fully saturated rings. The smallest absolute Gasteiger partial charge is 0.345 e. The van der Waals surface area contributed by atoms with Gasteiger partial charge in [-0.2, -0.15) is 0 Å². The van der Waals surface area contributed by atoms with Gasteiger partial charge < -0.3 is 14.6 Å². The third-order valence-corrected chi connectivity index (χ3v) is 3.93. The van der Waals surface area contributed by atoms with Crippen LogP contribution < -0.4 is 9.47 Å². The van der Waals surface area contributed by atoms with Crippen LogP contribution in [0.1, 0.15) is 38.8 Å². The number of carbonyl (C=O) groups is 1. The first-order valence-electron chi connectivity index (χ1n) is 8.51. The van der Waals surface area contributed by atoms with Crippen LogP contribution in [-0.4, -0.2) is 23.8 Å². The molecule has 1 N–H and O–H groups in total. The third-order valence-electron chi connectivity index (χ3n) is 3.93. The molecule has 0 saturated heterocycles. The minimum absolute atomic E-state index is 0.0486. The third kappa shape index (κ3) is 5.52. The molecule has 1 atom stereocenters. The van der Waals surface area contributed by atoms with Gasteiger partial charge in [0.25, 0.3) is 0 Å². The molecule has 0 spiro atoms. The molecule has 25 heavy (non-hydrogen) atoms. The summed E-state index contributed by atoms with van der Waals surface area (Å²) >= 11 is 0. The van der Waals surface area contributed by atoms with Crippen molar-refractivity contribution in [2.24, 2.45) is 0 Å². The highest BCUT2D eigenvalue weighted by molar-refractivity contribution is 5.73. The number of ether oxygens (including phenoxy) is 2. The number of hydrogen-bond donors (Lipinski definition) is 1. The molecule has 2 aromatic carbocycles. The Bertz CT molecular complexity index is 681. The zero-order valence-corrected chi connectivity index (χ0v) is 15.3. The Balaban J connectivity index is 2.06. The fourth-order valence-electron chi connectivity index (χ4n) is 2.48. The summed E-state index contributed by atoms with van der Waals surface area (Å²) in [5.74, 6) is 0.358. The molecule has 0 heterocycles. The SMILES string of the molecule is CCOc1ccc(C[C@@H](Oc2ccc(C(C)(C)C)cc2)C(=O)O)cc1. The fourth-order valence-corrected chi connectivity index (χ4v) is 2.48. The van der Waals surface area contributed by atoms with Gasteiger partial charge in [-0.15, -0.1) is 0 Å². The van der Waals surface area contributed by atoms with E-state index in [4.69, 9.17) is 9.47 Å². The van der Waals surface area contributed by atoms with Gasteiger partial charge >= 0.3 is 5.97 Å². The predicted molar refractivity (Wildman–Crippen MR) is 98.5 cm³/mol. The topological polar surface area (TPSA) is 55.8 Å². The molecule has 134 valence electrons. The Kier molecular flexibility index (Phi) is 6.07. The number of carboxylic acid groups (broad SMARTS) is 1. The minimum atomic E-state index is -0.978. The number of hydrogen-bond acceptors (Lipinski definition) is 3. The molecule has 2 aromatic rings. The molecule has 0 aromatic heterocycles. The van der Waals surface area contributed by atoms with Crippen molar-refractivity contribution < 1.29 is 19.4 Å². The average molecular weight is 342 g/mol. The molecular formula is C21H26O4. The molecule has 0 aliphatic carbocycles. The Hall–Kier alpha value is -2.49. The van der Waals surface area contributed by atoms with Crippen molar-refractivity contribution in [1.29, 1.82) is 0 Å². The summed E-state index contributed by atoms with van der Waals surface area (Å²) in [5, 5.41) is 9.47. The number of aliphatic carboxylic acids is 1. The van der Waals surface area contributed by atoms with Crippen molar-refractivity contribution in [3.05, 3.63) is 59.7 Å². The van der Waals surface area contributed by atoms with E-state index in [9.17, 15) is 9.90 Å². The summed E-state index contributed by atoms with van der Waals surface area (Å²) in [6, 6.07) is 15.0. The summed E-state index contributed by atoms with van der Waals surface area (Å²) < 4.78 is 11.1. The van der Waals surface area contributed by atoms with E-state index in [1.165, 1.54) is 5.56 Å². The van der Waals surface area contributed by atoms with Crippen LogP contribution in [0.5, 0.6) is 11.5 Å². The van der Waals surface area contributed by atoms with Crippen LogP contribution in [-0.2, 0) is 16.6 Å². The highest BCUT2D eigenvalue weighted by Gasteiger charge is 2.21. The van der Waals surface area contributed by atoms with Crippen LogP contribution >= 0.6 is 0 Å². The molecule has 4 nitrogen and oxygen atoms in total. The summed E-state index contributed by atoms with van der Waals surface area (Å²) in [7, 11) is 0. The van der Waals surface area contributed by atoms with Gasteiger partial charge in [-0.05, 0) is 47.7 Å². The summed E-state index contributed by atoms with van der Waals surface area (Å²) in [4.78, 5) is 11.6. The highest BCUT2D eigenvalue weighted by Crippen LogP contribution is 2.25. The van der Waals surface area contributed by atoms with Gasteiger partial charge in [-0.3, -0.25) is 0 Å². The van der Waals surface area contributed by atoms with Crippen molar-refractivity contribution in [3.63, 3.8) is 0 Å². The van der Waals surface area contributed by atoms with E-state index in [1.54, 1.807) is 0 Å². The first-order chi connectivity index (χ1) is 11.8. The summed E-state index contributed by atoms with van der Waals surface area (Å²) in [6.45, 7) is 8.93. The number of carboxylic acids is 1. The van der Waals surface area contributed by atoms with E-state index in [-0.39, 0.29) is 5.41 Å². The van der Waals surface area contributed by atoms with E-state index >= 15 is 0 Å². The van der Waals surface area contributed by atoms with Gasteiger partial charge in [-0.1, -0.05) is 45.0 Å². The molecule has 2 rings (SSSR count). The predicted octanol–water partition coefficient (Wildman–Crippen LogP) is 4.46. The Morgan fingerprint density at radius 1 is 1.00 bits per heavy atom. The Labute approximate surface area is 149 Å². The first-order valence-corrected chi connectivity index (χ1v) is 8.51. The second-order valence-electron chi connectivity index (χ2n) is 7.00.